The maximum absolute atomic E-state index is 5.61. The fourth-order valence-corrected chi connectivity index (χ4v) is 1.89. The summed E-state index contributed by atoms with van der Waals surface area (Å²) in [6.45, 7) is 5.83. The summed E-state index contributed by atoms with van der Waals surface area (Å²) in [5.41, 5.74) is 1.22. The molecule has 1 rings (SSSR count). The quantitative estimate of drug-likeness (QED) is 0.740. The zero-order valence-corrected chi connectivity index (χ0v) is 11.4. The maximum atomic E-state index is 5.61. The summed E-state index contributed by atoms with van der Waals surface area (Å²) in [6, 6.07) is 8.25. The highest BCUT2D eigenvalue weighted by Crippen LogP contribution is 2.12. The van der Waals surface area contributed by atoms with Gasteiger partial charge in [-0.15, -0.1) is 0 Å². The highest BCUT2D eigenvalue weighted by molar-refractivity contribution is 9.10. The number of rotatable bonds is 8. The van der Waals surface area contributed by atoms with E-state index in [-0.39, 0.29) is 0 Å². The third-order valence-corrected chi connectivity index (χ3v) is 2.79. The van der Waals surface area contributed by atoms with Crippen molar-refractivity contribution in [3.05, 3.63) is 34.3 Å². The molecule has 2 nitrogen and oxygen atoms in total. The molecule has 0 unspecified atom stereocenters. The third kappa shape index (κ3) is 6.26. The number of ether oxygens (including phenoxy) is 1. The van der Waals surface area contributed by atoms with Crippen LogP contribution in [0.3, 0.4) is 0 Å². The van der Waals surface area contributed by atoms with Gasteiger partial charge in [-0.3, -0.25) is 0 Å². The first-order valence-electron chi connectivity index (χ1n) is 5.86. The van der Waals surface area contributed by atoms with Gasteiger partial charge in [0, 0.05) is 11.1 Å². The first-order chi connectivity index (χ1) is 7.83. The van der Waals surface area contributed by atoms with Crippen LogP contribution in [-0.4, -0.2) is 19.7 Å². The molecule has 3 heteroatoms. The van der Waals surface area contributed by atoms with Crippen molar-refractivity contribution >= 4 is 15.9 Å². The number of halogens is 1. The lowest BCUT2D eigenvalue weighted by atomic mass is 10.2. The summed E-state index contributed by atoms with van der Waals surface area (Å²) in [5, 5.41) is 3.30. The lowest BCUT2D eigenvalue weighted by Gasteiger charge is -2.05. The van der Waals surface area contributed by atoms with Crippen LogP contribution < -0.4 is 5.32 Å². The molecule has 16 heavy (non-hydrogen) atoms. The smallest absolute Gasteiger partial charge is 0.0717 e. The highest BCUT2D eigenvalue weighted by atomic mass is 79.9. The largest absolute Gasteiger partial charge is 0.377 e. The van der Waals surface area contributed by atoms with Gasteiger partial charge in [-0.05, 0) is 43.6 Å². The van der Waals surface area contributed by atoms with Crippen molar-refractivity contribution in [3.8, 4) is 0 Å². The Morgan fingerprint density at radius 2 is 2.19 bits per heavy atom. The molecule has 0 fully saturated rings. The second kappa shape index (κ2) is 8.74. The van der Waals surface area contributed by atoms with Crippen molar-refractivity contribution in [2.24, 2.45) is 0 Å². The van der Waals surface area contributed by atoms with Crippen molar-refractivity contribution in [1.82, 2.24) is 5.32 Å². The Labute approximate surface area is 107 Å². The van der Waals surface area contributed by atoms with E-state index in [9.17, 15) is 0 Å². The van der Waals surface area contributed by atoms with Crippen LogP contribution in [0.4, 0.5) is 0 Å². The molecule has 1 N–H and O–H groups in total. The Bertz CT molecular complexity index is 291. The number of nitrogens with one attached hydrogen (secondary N) is 1. The third-order valence-electron chi connectivity index (χ3n) is 2.30. The molecule has 1 aromatic carbocycles. The average molecular weight is 286 g/mol. The minimum Gasteiger partial charge on any atom is -0.377 e. The predicted octanol–water partition coefficient (Wildman–Crippen LogP) is 3.36. The SMILES string of the molecule is CCNCCCCOCc1cccc(Br)c1. The molecular formula is C13H20BrNO. The minimum atomic E-state index is 0.709. The van der Waals surface area contributed by atoms with E-state index in [4.69, 9.17) is 4.74 Å². The normalized spacial score (nSPS) is 10.6. The van der Waals surface area contributed by atoms with Gasteiger partial charge in [0.15, 0.2) is 0 Å². The number of hydrogen-bond acceptors (Lipinski definition) is 2. The molecule has 1 aromatic rings. The highest BCUT2D eigenvalue weighted by Gasteiger charge is 1.94. The topological polar surface area (TPSA) is 21.3 Å². The maximum Gasteiger partial charge on any atom is 0.0717 e. The molecule has 0 spiro atoms. The van der Waals surface area contributed by atoms with E-state index in [1.165, 1.54) is 12.0 Å². The van der Waals surface area contributed by atoms with Gasteiger partial charge < -0.3 is 10.1 Å². The minimum absolute atomic E-state index is 0.709. The molecule has 0 aromatic heterocycles. The van der Waals surface area contributed by atoms with Crippen molar-refractivity contribution in [1.29, 1.82) is 0 Å². The van der Waals surface area contributed by atoms with Crippen LogP contribution in [0.5, 0.6) is 0 Å². The molecule has 0 amide bonds. The lowest BCUT2D eigenvalue weighted by molar-refractivity contribution is 0.117. The van der Waals surface area contributed by atoms with Crippen LogP contribution >= 0.6 is 15.9 Å². The van der Waals surface area contributed by atoms with Crippen molar-refractivity contribution in [2.45, 2.75) is 26.4 Å². The summed E-state index contributed by atoms with van der Waals surface area (Å²) >= 11 is 3.45. The fraction of sp³-hybridized carbons (Fsp3) is 0.538. The zero-order valence-electron chi connectivity index (χ0n) is 9.84. The van der Waals surface area contributed by atoms with Crippen LogP contribution in [0.25, 0.3) is 0 Å². The first-order valence-corrected chi connectivity index (χ1v) is 6.65. The van der Waals surface area contributed by atoms with Crippen LogP contribution in [0.1, 0.15) is 25.3 Å². The predicted molar refractivity (Wildman–Crippen MR) is 71.6 cm³/mol. The monoisotopic (exact) mass is 285 g/mol. The molecule has 0 atom stereocenters. The van der Waals surface area contributed by atoms with Crippen molar-refractivity contribution in [2.75, 3.05) is 19.7 Å². The Balaban J connectivity index is 2.03. The van der Waals surface area contributed by atoms with Gasteiger partial charge >= 0.3 is 0 Å². The van der Waals surface area contributed by atoms with E-state index in [0.717, 1.165) is 30.6 Å². The van der Waals surface area contributed by atoms with E-state index >= 15 is 0 Å². The van der Waals surface area contributed by atoms with Gasteiger partial charge in [0.05, 0.1) is 6.61 Å². The Morgan fingerprint density at radius 3 is 2.94 bits per heavy atom. The summed E-state index contributed by atoms with van der Waals surface area (Å²) in [7, 11) is 0. The molecule has 0 aliphatic heterocycles. The van der Waals surface area contributed by atoms with Crippen LogP contribution in [0.15, 0.2) is 28.7 Å². The van der Waals surface area contributed by atoms with E-state index in [1.807, 2.05) is 12.1 Å². The van der Waals surface area contributed by atoms with E-state index in [1.54, 1.807) is 0 Å². The Hall–Kier alpha value is -0.380. The first kappa shape index (κ1) is 13.7. The van der Waals surface area contributed by atoms with Crippen LogP contribution in [0.2, 0.25) is 0 Å². The second-order valence-electron chi connectivity index (χ2n) is 3.74. The van der Waals surface area contributed by atoms with Crippen molar-refractivity contribution in [3.63, 3.8) is 0 Å². The van der Waals surface area contributed by atoms with Crippen LogP contribution in [0, 0.1) is 0 Å². The summed E-state index contributed by atoms with van der Waals surface area (Å²) in [6.07, 6.45) is 2.31. The van der Waals surface area contributed by atoms with E-state index in [0.29, 0.717) is 6.61 Å². The summed E-state index contributed by atoms with van der Waals surface area (Å²) < 4.78 is 6.72. The number of hydrogen-bond donors (Lipinski definition) is 1. The van der Waals surface area contributed by atoms with Gasteiger partial charge in [-0.25, -0.2) is 0 Å². The average Bonchev–Trinajstić information content (AvgIpc) is 2.28. The van der Waals surface area contributed by atoms with Gasteiger partial charge in [0.25, 0.3) is 0 Å². The fourth-order valence-electron chi connectivity index (χ4n) is 1.45. The lowest BCUT2D eigenvalue weighted by Crippen LogP contribution is -2.14. The van der Waals surface area contributed by atoms with Crippen molar-refractivity contribution < 1.29 is 4.74 Å². The molecule has 0 aliphatic carbocycles. The Morgan fingerprint density at radius 1 is 1.31 bits per heavy atom. The number of benzene rings is 1. The molecular weight excluding hydrogens is 266 g/mol. The summed E-state index contributed by atoms with van der Waals surface area (Å²) in [5.74, 6) is 0. The summed E-state index contributed by atoms with van der Waals surface area (Å²) in [4.78, 5) is 0. The van der Waals surface area contributed by atoms with Gasteiger partial charge in [0.1, 0.15) is 0 Å². The van der Waals surface area contributed by atoms with E-state index in [2.05, 4.69) is 40.3 Å². The molecule has 0 saturated heterocycles. The molecule has 0 saturated carbocycles. The van der Waals surface area contributed by atoms with E-state index < -0.39 is 0 Å². The van der Waals surface area contributed by atoms with Crippen LogP contribution in [-0.2, 0) is 11.3 Å². The van der Waals surface area contributed by atoms with Gasteiger partial charge in [-0.2, -0.15) is 0 Å². The molecule has 0 aliphatic rings. The van der Waals surface area contributed by atoms with Gasteiger partial charge in [0.2, 0.25) is 0 Å². The zero-order chi connectivity index (χ0) is 11.6. The molecule has 90 valence electrons. The number of unbranched alkanes of at least 4 members (excludes halogenated alkanes) is 1. The molecule has 0 bridgehead atoms. The Kier molecular flexibility index (Phi) is 7.47. The second-order valence-corrected chi connectivity index (χ2v) is 4.66. The molecule has 0 radical (unpaired) electrons. The van der Waals surface area contributed by atoms with Gasteiger partial charge in [-0.1, -0.05) is 35.0 Å². The standard InChI is InChI=1S/C13H20BrNO/c1-2-15-8-3-4-9-16-11-12-6-5-7-13(14)10-12/h5-7,10,15H,2-4,8-9,11H2,1H3. The molecule has 0 heterocycles.